The van der Waals surface area contributed by atoms with Crippen molar-refractivity contribution in [3.8, 4) is 0 Å². The summed E-state index contributed by atoms with van der Waals surface area (Å²) in [6, 6.07) is 7.75. The van der Waals surface area contributed by atoms with Gasteiger partial charge in [0.25, 0.3) is 0 Å². The zero-order valence-corrected chi connectivity index (χ0v) is 12.7. The van der Waals surface area contributed by atoms with Crippen LogP contribution >= 0.6 is 0 Å². The summed E-state index contributed by atoms with van der Waals surface area (Å²) in [5.74, 6) is 1.57. The normalized spacial score (nSPS) is 10.9. The zero-order valence-electron chi connectivity index (χ0n) is 12.7. The van der Waals surface area contributed by atoms with Gasteiger partial charge in [-0.3, -0.25) is 4.79 Å². The number of rotatable bonds is 6. The Hall–Kier alpha value is -2.17. The first-order valence-electron chi connectivity index (χ1n) is 7.23. The van der Waals surface area contributed by atoms with E-state index < -0.39 is 0 Å². The van der Waals surface area contributed by atoms with Crippen LogP contribution in [0.1, 0.15) is 49.9 Å². The molecule has 1 aromatic carbocycles. The summed E-state index contributed by atoms with van der Waals surface area (Å²) in [5.41, 5.74) is 2.00. The summed E-state index contributed by atoms with van der Waals surface area (Å²) in [7, 11) is 0. The summed E-state index contributed by atoms with van der Waals surface area (Å²) in [6.45, 7) is 6.05. The van der Waals surface area contributed by atoms with Gasteiger partial charge in [0.05, 0.1) is 0 Å². The highest BCUT2D eigenvalue weighted by Gasteiger charge is 2.10. The molecule has 0 saturated heterocycles. The van der Waals surface area contributed by atoms with Crippen LogP contribution in [0, 0.1) is 6.92 Å². The number of hydrogen-bond donors (Lipinski definition) is 1. The molecule has 112 valence electrons. The van der Waals surface area contributed by atoms with Crippen LogP contribution in [-0.4, -0.2) is 16.0 Å². The SMILES string of the molecule is Cc1ccc(NC(=O)CCCc2nc(C(C)C)no2)cc1. The maximum atomic E-state index is 11.8. The van der Waals surface area contributed by atoms with Gasteiger partial charge in [0.15, 0.2) is 5.82 Å². The van der Waals surface area contributed by atoms with Gasteiger partial charge in [-0.25, -0.2) is 0 Å². The lowest BCUT2D eigenvalue weighted by Crippen LogP contribution is -2.11. The monoisotopic (exact) mass is 287 g/mol. The minimum absolute atomic E-state index is 0.00227. The van der Waals surface area contributed by atoms with Crippen molar-refractivity contribution in [2.24, 2.45) is 0 Å². The number of amides is 1. The van der Waals surface area contributed by atoms with Gasteiger partial charge in [-0.05, 0) is 25.5 Å². The smallest absolute Gasteiger partial charge is 0.226 e. The number of anilines is 1. The number of nitrogens with zero attached hydrogens (tertiary/aromatic N) is 2. The number of aromatic nitrogens is 2. The largest absolute Gasteiger partial charge is 0.339 e. The van der Waals surface area contributed by atoms with E-state index in [1.54, 1.807) is 0 Å². The van der Waals surface area contributed by atoms with Crippen LogP contribution in [-0.2, 0) is 11.2 Å². The fourth-order valence-corrected chi connectivity index (χ4v) is 1.86. The highest BCUT2D eigenvalue weighted by atomic mass is 16.5. The Morgan fingerprint density at radius 2 is 2.00 bits per heavy atom. The molecule has 0 unspecified atom stereocenters. The van der Waals surface area contributed by atoms with Gasteiger partial charge in [0, 0.05) is 24.4 Å². The summed E-state index contributed by atoms with van der Waals surface area (Å²) in [4.78, 5) is 16.1. The molecule has 1 amide bonds. The Balaban J connectivity index is 1.74. The molecule has 0 atom stereocenters. The van der Waals surface area contributed by atoms with Crippen molar-refractivity contribution in [1.29, 1.82) is 0 Å². The van der Waals surface area contributed by atoms with Gasteiger partial charge in [0.1, 0.15) is 0 Å². The quantitative estimate of drug-likeness (QED) is 0.883. The molecule has 0 saturated carbocycles. The fourth-order valence-electron chi connectivity index (χ4n) is 1.86. The van der Waals surface area contributed by atoms with E-state index in [1.807, 2.05) is 45.0 Å². The second-order valence-corrected chi connectivity index (χ2v) is 5.47. The van der Waals surface area contributed by atoms with Gasteiger partial charge in [0.2, 0.25) is 11.8 Å². The molecular weight excluding hydrogens is 266 g/mol. The number of nitrogens with one attached hydrogen (secondary N) is 1. The van der Waals surface area contributed by atoms with E-state index in [-0.39, 0.29) is 11.8 Å². The maximum Gasteiger partial charge on any atom is 0.226 e. The molecule has 2 rings (SSSR count). The molecule has 1 heterocycles. The van der Waals surface area contributed by atoms with E-state index in [2.05, 4.69) is 15.5 Å². The van der Waals surface area contributed by atoms with Crippen LogP contribution in [0.5, 0.6) is 0 Å². The third-order valence-electron chi connectivity index (χ3n) is 3.13. The molecule has 0 fully saturated rings. The topological polar surface area (TPSA) is 68.0 Å². The van der Waals surface area contributed by atoms with Crippen molar-refractivity contribution in [3.05, 3.63) is 41.5 Å². The van der Waals surface area contributed by atoms with Crippen molar-refractivity contribution in [3.63, 3.8) is 0 Å². The van der Waals surface area contributed by atoms with Crippen molar-refractivity contribution in [2.75, 3.05) is 5.32 Å². The molecule has 1 N–H and O–H groups in total. The van der Waals surface area contributed by atoms with Crippen LogP contribution in [0.15, 0.2) is 28.8 Å². The van der Waals surface area contributed by atoms with E-state index in [1.165, 1.54) is 5.56 Å². The zero-order chi connectivity index (χ0) is 15.2. The van der Waals surface area contributed by atoms with E-state index in [0.717, 1.165) is 5.69 Å². The predicted molar refractivity (Wildman–Crippen MR) is 81.1 cm³/mol. The fraction of sp³-hybridized carbons (Fsp3) is 0.438. The molecule has 0 aliphatic rings. The Morgan fingerprint density at radius 3 is 2.62 bits per heavy atom. The minimum Gasteiger partial charge on any atom is -0.339 e. The van der Waals surface area contributed by atoms with Crippen molar-refractivity contribution >= 4 is 11.6 Å². The molecule has 5 nitrogen and oxygen atoms in total. The maximum absolute atomic E-state index is 11.8. The Bertz CT molecular complexity index is 588. The van der Waals surface area contributed by atoms with Crippen LogP contribution in [0.4, 0.5) is 5.69 Å². The van der Waals surface area contributed by atoms with Crippen LogP contribution < -0.4 is 5.32 Å². The van der Waals surface area contributed by atoms with E-state index >= 15 is 0 Å². The van der Waals surface area contributed by atoms with E-state index in [9.17, 15) is 4.79 Å². The molecule has 1 aromatic heterocycles. The summed E-state index contributed by atoms with van der Waals surface area (Å²) >= 11 is 0. The Labute approximate surface area is 124 Å². The van der Waals surface area contributed by atoms with Crippen molar-refractivity contribution in [1.82, 2.24) is 10.1 Å². The standard InChI is InChI=1S/C16H21N3O2/c1-11(2)16-18-15(21-19-16)6-4-5-14(20)17-13-9-7-12(3)8-10-13/h7-11H,4-6H2,1-3H3,(H,17,20). The molecule has 0 aliphatic carbocycles. The van der Waals surface area contributed by atoms with Gasteiger partial charge in [-0.2, -0.15) is 4.98 Å². The molecule has 0 radical (unpaired) electrons. The second-order valence-electron chi connectivity index (χ2n) is 5.47. The second kappa shape index (κ2) is 7.02. The van der Waals surface area contributed by atoms with Crippen molar-refractivity contribution < 1.29 is 9.32 Å². The summed E-state index contributed by atoms with van der Waals surface area (Å²) < 4.78 is 5.15. The molecular formula is C16H21N3O2. The highest BCUT2D eigenvalue weighted by molar-refractivity contribution is 5.90. The van der Waals surface area contributed by atoms with Gasteiger partial charge < -0.3 is 9.84 Å². The van der Waals surface area contributed by atoms with Gasteiger partial charge >= 0.3 is 0 Å². The Morgan fingerprint density at radius 1 is 1.29 bits per heavy atom. The lowest BCUT2D eigenvalue weighted by atomic mass is 10.2. The summed E-state index contributed by atoms with van der Waals surface area (Å²) in [5, 5.41) is 6.78. The average molecular weight is 287 g/mol. The first-order valence-corrected chi connectivity index (χ1v) is 7.23. The van der Waals surface area contributed by atoms with E-state index in [0.29, 0.717) is 31.0 Å². The average Bonchev–Trinajstić information content (AvgIpc) is 2.90. The van der Waals surface area contributed by atoms with Gasteiger partial charge in [-0.15, -0.1) is 0 Å². The lowest BCUT2D eigenvalue weighted by Gasteiger charge is -2.04. The minimum atomic E-state index is 0.00227. The first-order chi connectivity index (χ1) is 10.0. The number of hydrogen-bond acceptors (Lipinski definition) is 4. The lowest BCUT2D eigenvalue weighted by molar-refractivity contribution is -0.116. The molecule has 0 spiro atoms. The van der Waals surface area contributed by atoms with E-state index in [4.69, 9.17) is 4.52 Å². The molecule has 2 aromatic rings. The van der Waals surface area contributed by atoms with Gasteiger partial charge in [-0.1, -0.05) is 36.7 Å². The number of carbonyl (C=O) groups excluding carboxylic acids is 1. The number of benzene rings is 1. The first kappa shape index (κ1) is 15.2. The van der Waals surface area contributed by atoms with Crippen molar-refractivity contribution in [2.45, 2.75) is 46.0 Å². The predicted octanol–water partition coefficient (Wildman–Crippen LogP) is 3.46. The third-order valence-corrected chi connectivity index (χ3v) is 3.13. The highest BCUT2D eigenvalue weighted by Crippen LogP contribution is 2.12. The molecule has 5 heteroatoms. The number of aryl methyl sites for hydroxylation is 2. The Kier molecular flexibility index (Phi) is 5.09. The van der Waals surface area contributed by atoms with Crippen LogP contribution in [0.25, 0.3) is 0 Å². The number of carbonyl (C=O) groups is 1. The molecule has 0 aliphatic heterocycles. The molecule has 21 heavy (non-hydrogen) atoms. The van der Waals surface area contributed by atoms with Crippen LogP contribution in [0.2, 0.25) is 0 Å². The third kappa shape index (κ3) is 4.70. The molecule has 0 bridgehead atoms. The summed E-state index contributed by atoms with van der Waals surface area (Å²) in [6.07, 6.45) is 1.76. The van der Waals surface area contributed by atoms with Crippen LogP contribution in [0.3, 0.4) is 0 Å².